The number of nitrogens with one attached hydrogen (secondary N) is 1. The number of aromatic nitrogens is 3. The maximum absolute atomic E-state index is 12.5. The van der Waals surface area contributed by atoms with Gasteiger partial charge in [0.15, 0.2) is 5.65 Å². The molecule has 118 valence electrons. The van der Waals surface area contributed by atoms with Crippen molar-refractivity contribution in [3.63, 3.8) is 0 Å². The van der Waals surface area contributed by atoms with Gasteiger partial charge in [-0.05, 0) is 25.3 Å². The van der Waals surface area contributed by atoms with Gasteiger partial charge in [0.05, 0.1) is 6.20 Å². The fourth-order valence-electron chi connectivity index (χ4n) is 3.06. The minimum Gasteiger partial charge on any atom is -0.354 e. The fourth-order valence-corrected chi connectivity index (χ4v) is 3.06. The van der Waals surface area contributed by atoms with Crippen molar-refractivity contribution >= 4 is 17.4 Å². The summed E-state index contributed by atoms with van der Waals surface area (Å²) in [6.07, 6.45) is 8.81. The molecular formula is C16H23N5O. The number of hydrogen-bond acceptors (Lipinski definition) is 4. The van der Waals surface area contributed by atoms with E-state index in [0.29, 0.717) is 0 Å². The topological polar surface area (TPSA) is 62.5 Å². The molecule has 1 saturated heterocycles. The molecule has 1 fully saturated rings. The summed E-state index contributed by atoms with van der Waals surface area (Å²) in [4.78, 5) is 18.9. The van der Waals surface area contributed by atoms with Crippen LogP contribution in [0.4, 0.5) is 5.82 Å². The first-order chi connectivity index (χ1) is 10.8. The van der Waals surface area contributed by atoms with Crippen LogP contribution in [0.1, 0.15) is 39.0 Å². The average molecular weight is 301 g/mol. The molecule has 2 aromatic heterocycles. The highest BCUT2D eigenvalue weighted by Gasteiger charge is 2.32. The minimum absolute atomic E-state index is 0.101. The number of rotatable bonds is 6. The molecule has 1 aliphatic heterocycles. The number of nitrogens with zero attached hydrogens (tertiary/aromatic N) is 4. The Morgan fingerprint density at radius 2 is 2.27 bits per heavy atom. The average Bonchev–Trinajstić information content (AvgIpc) is 3.19. The van der Waals surface area contributed by atoms with E-state index >= 15 is 0 Å². The van der Waals surface area contributed by atoms with E-state index in [0.717, 1.165) is 50.2 Å². The second-order valence-electron chi connectivity index (χ2n) is 5.75. The molecular weight excluding hydrogens is 278 g/mol. The van der Waals surface area contributed by atoms with E-state index in [1.54, 1.807) is 12.4 Å². The van der Waals surface area contributed by atoms with Gasteiger partial charge in [-0.15, -0.1) is 0 Å². The number of carbonyl (C=O) groups is 1. The molecule has 1 N–H and O–H groups in total. The lowest BCUT2D eigenvalue weighted by molar-refractivity contribution is -0.122. The predicted octanol–water partition coefficient (Wildman–Crippen LogP) is 2.00. The third-order valence-corrected chi connectivity index (χ3v) is 4.20. The summed E-state index contributed by atoms with van der Waals surface area (Å²) in [7, 11) is 0. The first-order valence-corrected chi connectivity index (χ1v) is 8.14. The van der Waals surface area contributed by atoms with Gasteiger partial charge in [-0.1, -0.05) is 19.8 Å². The maximum Gasteiger partial charge on any atom is 0.242 e. The molecule has 1 aliphatic rings. The third kappa shape index (κ3) is 2.91. The van der Waals surface area contributed by atoms with Crippen LogP contribution < -0.4 is 10.2 Å². The van der Waals surface area contributed by atoms with Crippen molar-refractivity contribution in [2.75, 3.05) is 18.0 Å². The van der Waals surface area contributed by atoms with Crippen LogP contribution in [0.15, 0.2) is 24.5 Å². The van der Waals surface area contributed by atoms with Crippen molar-refractivity contribution in [3.05, 3.63) is 24.5 Å². The lowest BCUT2D eigenvalue weighted by Crippen LogP contribution is -2.44. The van der Waals surface area contributed by atoms with Crippen LogP contribution in [-0.2, 0) is 4.79 Å². The summed E-state index contributed by atoms with van der Waals surface area (Å²) in [5, 5.41) is 7.40. The Bertz CT molecular complexity index is 638. The second-order valence-corrected chi connectivity index (χ2v) is 5.75. The van der Waals surface area contributed by atoms with Crippen molar-refractivity contribution < 1.29 is 4.79 Å². The number of fused-ring (bicyclic) bond motifs is 1. The molecule has 3 rings (SSSR count). The van der Waals surface area contributed by atoms with Gasteiger partial charge in [0.25, 0.3) is 0 Å². The van der Waals surface area contributed by atoms with E-state index in [1.165, 1.54) is 6.42 Å². The zero-order chi connectivity index (χ0) is 15.4. The van der Waals surface area contributed by atoms with Gasteiger partial charge in [-0.25, -0.2) is 4.98 Å². The second kappa shape index (κ2) is 6.77. The van der Waals surface area contributed by atoms with Crippen LogP contribution in [0, 0.1) is 0 Å². The molecule has 22 heavy (non-hydrogen) atoms. The Morgan fingerprint density at radius 1 is 1.36 bits per heavy atom. The van der Waals surface area contributed by atoms with E-state index < -0.39 is 0 Å². The monoisotopic (exact) mass is 301 g/mol. The summed E-state index contributed by atoms with van der Waals surface area (Å²) in [6.45, 7) is 3.82. The molecule has 6 nitrogen and oxygen atoms in total. The van der Waals surface area contributed by atoms with Gasteiger partial charge < -0.3 is 10.2 Å². The smallest absolute Gasteiger partial charge is 0.242 e. The molecule has 1 atom stereocenters. The number of carbonyl (C=O) groups excluding carboxylic acids is 1. The van der Waals surface area contributed by atoms with Crippen molar-refractivity contribution in [3.8, 4) is 0 Å². The van der Waals surface area contributed by atoms with Crippen LogP contribution in [0.3, 0.4) is 0 Å². The standard InChI is InChI=1S/C16H23N5O/c1-2-3-4-9-18-16(22)13-6-5-12-20(13)15-8-10-17-14-7-11-19-21(14)15/h7-8,10-11,13H,2-6,9,12H2,1H3,(H,18,22)/t13-/m0/s1. The van der Waals surface area contributed by atoms with Gasteiger partial charge in [-0.3, -0.25) is 4.79 Å². The first-order valence-electron chi connectivity index (χ1n) is 8.14. The summed E-state index contributed by atoms with van der Waals surface area (Å²) in [5.74, 6) is 1.08. The molecule has 0 aromatic carbocycles. The zero-order valence-electron chi connectivity index (χ0n) is 13.0. The Balaban J connectivity index is 1.73. The Morgan fingerprint density at radius 3 is 3.14 bits per heavy atom. The Kier molecular flexibility index (Phi) is 4.56. The first kappa shape index (κ1) is 14.8. The van der Waals surface area contributed by atoms with E-state index in [4.69, 9.17) is 0 Å². The normalized spacial score (nSPS) is 18.0. The lowest BCUT2D eigenvalue weighted by atomic mass is 10.2. The molecule has 1 amide bonds. The predicted molar refractivity (Wildman–Crippen MR) is 85.9 cm³/mol. The van der Waals surface area contributed by atoms with E-state index in [2.05, 4.69) is 27.2 Å². The third-order valence-electron chi connectivity index (χ3n) is 4.20. The van der Waals surface area contributed by atoms with Crippen LogP contribution >= 0.6 is 0 Å². The Hall–Kier alpha value is -2.11. The summed E-state index contributed by atoms with van der Waals surface area (Å²) < 4.78 is 1.81. The zero-order valence-corrected chi connectivity index (χ0v) is 13.0. The molecule has 2 aromatic rings. The molecule has 0 unspecified atom stereocenters. The van der Waals surface area contributed by atoms with Crippen LogP contribution in [0.2, 0.25) is 0 Å². The number of amides is 1. The largest absolute Gasteiger partial charge is 0.354 e. The lowest BCUT2D eigenvalue weighted by Gasteiger charge is -2.26. The molecule has 0 bridgehead atoms. The minimum atomic E-state index is -0.101. The summed E-state index contributed by atoms with van der Waals surface area (Å²) >= 11 is 0. The molecule has 0 saturated carbocycles. The van der Waals surface area contributed by atoms with Crippen molar-refractivity contribution in [2.24, 2.45) is 0 Å². The van der Waals surface area contributed by atoms with E-state index in [1.807, 2.05) is 16.6 Å². The molecule has 3 heterocycles. The molecule has 0 radical (unpaired) electrons. The van der Waals surface area contributed by atoms with E-state index in [9.17, 15) is 4.79 Å². The van der Waals surface area contributed by atoms with Gasteiger partial charge in [0.2, 0.25) is 5.91 Å². The highest BCUT2D eigenvalue weighted by molar-refractivity contribution is 5.85. The SMILES string of the molecule is CCCCCNC(=O)[C@@H]1CCCN1c1ccnc2ccnn12. The fraction of sp³-hybridized carbons (Fsp3) is 0.562. The van der Waals surface area contributed by atoms with Crippen LogP contribution in [0.5, 0.6) is 0 Å². The highest BCUT2D eigenvalue weighted by Crippen LogP contribution is 2.25. The highest BCUT2D eigenvalue weighted by atomic mass is 16.2. The van der Waals surface area contributed by atoms with Gasteiger partial charge in [-0.2, -0.15) is 9.61 Å². The molecule has 0 spiro atoms. The molecule has 0 aliphatic carbocycles. The van der Waals surface area contributed by atoms with Crippen LogP contribution in [0.25, 0.3) is 5.65 Å². The van der Waals surface area contributed by atoms with Crippen LogP contribution in [-0.4, -0.2) is 39.6 Å². The summed E-state index contributed by atoms with van der Waals surface area (Å²) in [5.41, 5.74) is 0.812. The van der Waals surface area contributed by atoms with Gasteiger partial charge in [0.1, 0.15) is 11.9 Å². The van der Waals surface area contributed by atoms with Crippen molar-refractivity contribution in [2.45, 2.75) is 45.1 Å². The van der Waals surface area contributed by atoms with E-state index in [-0.39, 0.29) is 11.9 Å². The van der Waals surface area contributed by atoms with Crippen molar-refractivity contribution in [1.29, 1.82) is 0 Å². The number of anilines is 1. The number of unbranched alkanes of at least 4 members (excludes halogenated alkanes) is 2. The van der Waals surface area contributed by atoms with Gasteiger partial charge >= 0.3 is 0 Å². The quantitative estimate of drug-likeness (QED) is 0.829. The van der Waals surface area contributed by atoms with Crippen molar-refractivity contribution in [1.82, 2.24) is 19.9 Å². The van der Waals surface area contributed by atoms with Gasteiger partial charge in [0, 0.05) is 25.4 Å². The maximum atomic E-state index is 12.5. The molecule has 6 heteroatoms. The Labute approximate surface area is 130 Å². The summed E-state index contributed by atoms with van der Waals surface area (Å²) in [6, 6.07) is 3.71. The number of hydrogen-bond donors (Lipinski definition) is 1.